The van der Waals surface area contributed by atoms with E-state index in [0.717, 1.165) is 51.7 Å². The van der Waals surface area contributed by atoms with Crippen LogP contribution in [-0.2, 0) is 17.8 Å². The van der Waals surface area contributed by atoms with E-state index in [1.165, 1.54) is 28.3 Å². The number of hydrogen-bond acceptors (Lipinski definition) is 2. The molecule has 1 atom stereocenters. The molecule has 1 heterocycles. The molecule has 1 saturated heterocycles. The Labute approximate surface area is 150 Å². The average Bonchev–Trinajstić information content (AvgIpc) is 2.73. The molecule has 25 heavy (non-hydrogen) atoms. The maximum atomic E-state index is 11.4. The summed E-state index contributed by atoms with van der Waals surface area (Å²) >= 11 is 0. The van der Waals surface area contributed by atoms with Gasteiger partial charge in [-0.1, -0.05) is 50.1 Å². The molecule has 0 bridgehead atoms. The summed E-state index contributed by atoms with van der Waals surface area (Å²) in [4.78, 5) is 13.8. The molecule has 2 aromatic carbocycles. The molecule has 0 amide bonds. The quantitative estimate of drug-likeness (QED) is 0.864. The van der Waals surface area contributed by atoms with Crippen molar-refractivity contribution in [3.05, 3.63) is 47.5 Å². The van der Waals surface area contributed by atoms with Crippen LogP contribution in [0, 0.1) is 5.92 Å². The molecule has 3 nitrogen and oxygen atoms in total. The Hall–Kier alpha value is -1.87. The lowest BCUT2D eigenvalue weighted by Gasteiger charge is -2.23. The zero-order valence-electron chi connectivity index (χ0n) is 15.2. The zero-order valence-corrected chi connectivity index (χ0v) is 15.2. The summed E-state index contributed by atoms with van der Waals surface area (Å²) in [6, 6.07) is 13.4. The van der Waals surface area contributed by atoms with Gasteiger partial charge in [0.2, 0.25) is 0 Å². The number of carboxylic acids is 1. The number of benzene rings is 2. The van der Waals surface area contributed by atoms with Gasteiger partial charge in [-0.25, -0.2) is 0 Å². The number of aryl methyl sites for hydroxylation is 1. The largest absolute Gasteiger partial charge is 0.481 e. The van der Waals surface area contributed by atoms with Crippen molar-refractivity contribution in [3.63, 3.8) is 0 Å². The maximum Gasteiger partial charge on any atom is 0.306 e. The molecule has 1 aliphatic rings. The molecule has 1 unspecified atom stereocenters. The Morgan fingerprint density at radius 2 is 1.72 bits per heavy atom. The molecular formula is C22H29NO2. The van der Waals surface area contributed by atoms with Crippen LogP contribution in [0.3, 0.4) is 0 Å². The molecule has 0 radical (unpaired) electrons. The first-order chi connectivity index (χ1) is 12.2. The zero-order chi connectivity index (χ0) is 17.6. The molecule has 1 fully saturated rings. The highest BCUT2D eigenvalue weighted by atomic mass is 16.4. The van der Waals surface area contributed by atoms with Crippen LogP contribution in [0.15, 0.2) is 36.4 Å². The lowest BCUT2D eigenvalue weighted by molar-refractivity contribution is -0.142. The van der Waals surface area contributed by atoms with Gasteiger partial charge in [-0.2, -0.15) is 0 Å². The van der Waals surface area contributed by atoms with Crippen molar-refractivity contribution in [1.29, 1.82) is 0 Å². The van der Waals surface area contributed by atoms with Crippen molar-refractivity contribution in [2.45, 2.75) is 52.0 Å². The van der Waals surface area contributed by atoms with E-state index in [1.807, 2.05) is 0 Å². The van der Waals surface area contributed by atoms with Crippen LogP contribution in [0.25, 0.3) is 10.8 Å². The minimum atomic E-state index is -0.626. The predicted octanol–water partition coefficient (Wildman–Crippen LogP) is 4.87. The van der Waals surface area contributed by atoms with Crippen molar-refractivity contribution in [1.82, 2.24) is 4.90 Å². The summed E-state index contributed by atoms with van der Waals surface area (Å²) in [6.07, 6.45) is 6.01. The monoisotopic (exact) mass is 339 g/mol. The number of fused-ring (bicyclic) bond motifs is 1. The van der Waals surface area contributed by atoms with Crippen molar-refractivity contribution in [2.24, 2.45) is 5.92 Å². The smallest absolute Gasteiger partial charge is 0.306 e. The van der Waals surface area contributed by atoms with Crippen LogP contribution < -0.4 is 0 Å². The molecule has 2 aromatic rings. The Morgan fingerprint density at radius 1 is 1.00 bits per heavy atom. The van der Waals surface area contributed by atoms with Crippen LogP contribution in [0.4, 0.5) is 0 Å². The Bertz CT molecular complexity index is 725. The number of carbonyl (C=O) groups is 1. The van der Waals surface area contributed by atoms with Gasteiger partial charge in [-0.05, 0) is 66.7 Å². The molecule has 0 saturated carbocycles. The van der Waals surface area contributed by atoms with Crippen molar-refractivity contribution in [2.75, 3.05) is 13.1 Å². The highest BCUT2D eigenvalue weighted by Crippen LogP contribution is 2.22. The fraction of sp³-hybridized carbons (Fsp3) is 0.500. The summed E-state index contributed by atoms with van der Waals surface area (Å²) < 4.78 is 0. The molecular weight excluding hydrogens is 310 g/mol. The summed E-state index contributed by atoms with van der Waals surface area (Å²) in [5.41, 5.74) is 2.70. The molecule has 3 heteroatoms. The van der Waals surface area contributed by atoms with E-state index in [0.29, 0.717) is 0 Å². The van der Waals surface area contributed by atoms with E-state index in [-0.39, 0.29) is 5.92 Å². The summed E-state index contributed by atoms with van der Waals surface area (Å²) in [5, 5.41) is 12.0. The highest BCUT2D eigenvalue weighted by Gasteiger charge is 2.20. The second-order valence-corrected chi connectivity index (χ2v) is 7.32. The normalized spacial score (nSPS) is 20.0. The van der Waals surface area contributed by atoms with E-state index in [9.17, 15) is 9.90 Å². The summed E-state index contributed by atoms with van der Waals surface area (Å²) in [7, 11) is 0. The summed E-state index contributed by atoms with van der Waals surface area (Å²) in [6.45, 7) is 5.05. The Morgan fingerprint density at radius 3 is 2.44 bits per heavy atom. The van der Waals surface area contributed by atoms with Gasteiger partial charge < -0.3 is 5.11 Å². The third-order valence-corrected chi connectivity index (χ3v) is 5.45. The van der Waals surface area contributed by atoms with Crippen LogP contribution in [0.1, 0.15) is 50.2 Å². The Balaban J connectivity index is 1.71. The third-order valence-electron chi connectivity index (χ3n) is 5.45. The first kappa shape index (κ1) is 17.9. The maximum absolute atomic E-state index is 11.4. The SMILES string of the molecule is CCc1ccc2cc(CN3CCCCCC(C(=O)O)CC3)ccc2c1. The lowest BCUT2D eigenvalue weighted by atomic mass is 9.98. The molecule has 0 spiro atoms. The highest BCUT2D eigenvalue weighted by molar-refractivity contribution is 5.83. The van der Waals surface area contributed by atoms with E-state index in [1.54, 1.807) is 0 Å². The van der Waals surface area contributed by atoms with Crippen LogP contribution in [0.2, 0.25) is 0 Å². The first-order valence-electron chi connectivity index (χ1n) is 9.62. The number of carboxylic acid groups (broad SMARTS) is 1. The fourth-order valence-electron chi connectivity index (χ4n) is 3.82. The van der Waals surface area contributed by atoms with Gasteiger partial charge in [0.15, 0.2) is 0 Å². The second kappa shape index (κ2) is 8.48. The third kappa shape index (κ3) is 4.82. The van der Waals surface area contributed by atoms with Crippen LogP contribution >= 0.6 is 0 Å². The predicted molar refractivity (Wildman–Crippen MR) is 103 cm³/mol. The first-order valence-corrected chi connectivity index (χ1v) is 9.62. The Kier molecular flexibility index (Phi) is 6.09. The van der Waals surface area contributed by atoms with Gasteiger partial charge >= 0.3 is 5.97 Å². The van der Waals surface area contributed by atoms with E-state index < -0.39 is 5.97 Å². The number of rotatable bonds is 4. The fourth-order valence-corrected chi connectivity index (χ4v) is 3.82. The van der Waals surface area contributed by atoms with Crippen molar-refractivity contribution in [3.8, 4) is 0 Å². The van der Waals surface area contributed by atoms with Gasteiger partial charge in [0.05, 0.1) is 5.92 Å². The van der Waals surface area contributed by atoms with Crippen LogP contribution in [-0.4, -0.2) is 29.1 Å². The standard InChI is InChI=1S/C22H29NO2/c1-2-17-7-9-21-15-18(8-10-20(21)14-17)16-23-12-5-3-4-6-19(11-13-23)22(24)25/h7-10,14-15,19H,2-6,11-13,16H2,1H3,(H,24,25). The van der Waals surface area contributed by atoms with Crippen LogP contribution in [0.5, 0.6) is 0 Å². The minimum Gasteiger partial charge on any atom is -0.481 e. The molecule has 134 valence electrons. The minimum absolute atomic E-state index is 0.176. The second-order valence-electron chi connectivity index (χ2n) is 7.32. The van der Waals surface area contributed by atoms with Gasteiger partial charge in [0.1, 0.15) is 0 Å². The molecule has 0 aromatic heterocycles. The number of aliphatic carboxylic acids is 1. The van der Waals surface area contributed by atoms with E-state index >= 15 is 0 Å². The molecule has 0 aliphatic carbocycles. The summed E-state index contributed by atoms with van der Waals surface area (Å²) in [5.74, 6) is -0.802. The number of nitrogens with zero attached hydrogens (tertiary/aromatic N) is 1. The van der Waals surface area contributed by atoms with Gasteiger partial charge in [0.25, 0.3) is 0 Å². The topological polar surface area (TPSA) is 40.5 Å². The van der Waals surface area contributed by atoms with Gasteiger partial charge in [-0.15, -0.1) is 0 Å². The molecule has 1 aliphatic heterocycles. The van der Waals surface area contributed by atoms with Gasteiger partial charge in [-0.3, -0.25) is 9.69 Å². The molecule has 3 rings (SSSR count). The van der Waals surface area contributed by atoms with Crippen molar-refractivity contribution >= 4 is 16.7 Å². The van der Waals surface area contributed by atoms with E-state index in [2.05, 4.69) is 48.2 Å². The van der Waals surface area contributed by atoms with E-state index in [4.69, 9.17) is 0 Å². The lowest BCUT2D eigenvalue weighted by Crippen LogP contribution is -2.27. The van der Waals surface area contributed by atoms with Crippen molar-refractivity contribution < 1.29 is 9.90 Å². The van der Waals surface area contributed by atoms with Gasteiger partial charge in [0, 0.05) is 6.54 Å². The molecule has 1 N–H and O–H groups in total. The number of hydrogen-bond donors (Lipinski definition) is 1. The average molecular weight is 339 g/mol.